The number of benzene rings is 1. The molecule has 0 aliphatic heterocycles. The molecule has 3 rings (SSSR count). The van der Waals surface area contributed by atoms with E-state index in [2.05, 4.69) is 20.5 Å². The summed E-state index contributed by atoms with van der Waals surface area (Å²) in [6, 6.07) is 7.77. The molecular weight excluding hydrogens is 326 g/mol. The zero-order chi connectivity index (χ0) is 18.0. The van der Waals surface area contributed by atoms with Gasteiger partial charge in [-0.3, -0.25) is 19.6 Å². The predicted octanol–water partition coefficient (Wildman–Crippen LogP) is 1.53. The molecule has 0 unspecified atom stereocenters. The van der Waals surface area contributed by atoms with Crippen LogP contribution in [0.15, 0.2) is 36.7 Å². The molecular formula is C15H15N7O3. The van der Waals surface area contributed by atoms with Gasteiger partial charge >= 0.3 is 0 Å². The molecule has 3 aromatic rings. The predicted molar refractivity (Wildman–Crippen MR) is 88.7 cm³/mol. The SMILES string of the molecule is Cc1cc(NC(=O)Cn2cnc(-c3cccc([N+](=O)[O-])c3)n2)n(C)n1. The molecule has 0 bridgehead atoms. The van der Waals surface area contributed by atoms with Crippen molar-refractivity contribution < 1.29 is 9.72 Å². The first-order valence-electron chi connectivity index (χ1n) is 7.37. The van der Waals surface area contributed by atoms with E-state index in [-0.39, 0.29) is 18.1 Å². The molecule has 0 fully saturated rings. The Kier molecular flexibility index (Phi) is 4.25. The van der Waals surface area contributed by atoms with Crippen LogP contribution in [0.4, 0.5) is 11.5 Å². The van der Waals surface area contributed by atoms with Gasteiger partial charge < -0.3 is 5.32 Å². The molecule has 128 valence electrons. The number of nitrogens with zero attached hydrogens (tertiary/aromatic N) is 6. The van der Waals surface area contributed by atoms with Gasteiger partial charge in [0.05, 0.1) is 10.6 Å². The molecule has 0 aliphatic rings. The summed E-state index contributed by atoms with van der Waals surface area (Å²) in [6.45, 7) is 1.80. The Hall–Kier alpha value is -3.56. The second-order valence-corrected chi connectivity index (χ2v) is 5.42. The summed E-state index contributed by atoms with van der Waals surface area (Å²) in [7, 11) is 1.73. The normalized spacial score (nSPS) is 10.6. The van der Waals surface area contributed by atoms with Crippen LogP contribution in [0.5, 0.6) is 0 Å². The lowest BCUT2D eigenvalue weighted by Crippen LogP contribution is -2.20. The number of hydrogen-bond donors (Lipinski definition) is 1. The van der Waals surface area contributed by atoms with E-state index in [0.717, 1.165) is 5.69 Å². The third-order valence-corrected chi connectivity index (χ3v) is 3.43. The average molecular weight is 341 g/mol. The van der Waals surface area contributed by atoms with Crippen molar-refractivity contribution in [1.82, 2.24) is 24.5 Å². The second-order valence-electron chi connectivity index (χ2n) is 5.42. The number of carbonyl (C=O) groups excluding carboxylic acids is 1. The van der Waals surface area contributed by atoms with Crippen molar-refractivity contribution in [3.63, 3.8) is 0 Å². The fourth-order valence-corrected chi connectivity index (χ4v) is 2.32. The molecule has 1 aromatic carbocycles. The first-order valence-corrected chi connectivity index (χ1v) is 7.37. The smallest absolute Gasteiger partial charge is 0.270 e. The highest BCUT2D eigenvalue weighted by Gasteiger charge is 2.12. The fraction of sp³-hybridized carbons (Fsp3) is 0.200. The number of nitro groups is 1. The van der Waals surface area contributed by atoms with Crippen LogP contribution >= 0.6 is 0 Å². The molecule has 1 N–H and O–H groups in total. The van der Waals surface area contributed by atoms with Crippen LogP contribution in [0, 0.1) is 17.0 Å². The molecule has 0 radical (unpaired) electrons. The quantitative estimate of drug-likeness (QED) is 0.555. The van der Waals surface area contributed by atoms with E-state index in [9.17, 15) is 14.9 Å². The number of rotatable bonds is 5. The maximum atomic E-state index is 12.1. The summed E-state index contributed by atoms with van der Waals surface area (Å²) in [5.74, 6) is 0.618. The number of nitrogens with one attached hydrogen (secondary N) is 1. The number of carbonyl (C=O) groups is 1. The van der Waals surface area contributed by atoms with Crippen LogP contribution in [-0.2, 0) is 18.4 Å². The van der Waals surface area contributed by atoms with Crippen molar-refractivity contribution in [2.45, 2.75) is 13.5 Å². The number of non-ortho nitro benzene ring substituents is 1. The van der Waals surface area contributed by atoms with E-state index in [4.69, 9.17) is 0 Å². The first-order chi connectivity index (χ1) is 11.9. The minimum Gasteiger partial charge on any atom is -0.309 e. The molecule has 2 aromatic heterocycles. The lowest BCUT2D eigenvalue weighted by Gasteiger charge is -2.04. The fourth-order valence-electron chi connectivity index (χ4n) is 2.32. The highest BCUT2D eigenvalue weighted by Crippen LogP contribution is 2.20. The van der Waals surface area contributed by atoms with E-state index in [1.807, 2.05) is 6.92 Å². The van der Waals surface area contributed by atoms with E-state index < -0.39 is 4.92 Å². The van der Waals surface area contributed by atoms with Gasteiger partial charge in [-0.1, -0.05) is 12.1 Å². The van der Waals surface area contributed by atoms with Crippen LogP contribution in [-0.4, -0.2) is 35.4 Å². The second kappa shape index (κ2) is 6.51. The molecule has 2 heterocycles. The van der Waals surface area contributed by atoms with Crippen LogP contribution < -0.4 is 5.32 Å². The van der Waals surface area contributed by atoms with Gasteiger partial charge in [-0.05, 0) is 6.92 Å². The van der Waals surface area contributed by atoms with Gasteiger partial charge in [0.15, 0.2) is 5.82 Å². The van der Waals surface area contributed by atoms with Crippen molar-refractivity contribution in [2.24, 2.45) is 7.05 Å². The zero-order valence-electron chi connectivity index (χ0n) is 13.6. The van der Waals surface area contributed by atoms with Crippen LogP contribution in [0.25, 0.3) is 11.4 Å². The van der Waals surface area contributed by atoms with Gasteiger partial charge in [-0.25, -0.2) is 9.67 Å². The standard InChI is InChI=1S/C15H15N7O3/c1-10-6-13(20(2)18-10)17-14(23)8-21-9-16-15(19-21)11-4-3-5-12(7-11)22(24)25/h3-7,9H,8H2,1-2H3,(H,17,23). The third kappa shape index (κ3) is 3.68. The van der Waals surface area contributed by atoms with E-state index in [1.54, 1.807) is 29.9 Å². The molecule has 1 amide bonds. The summed E-state index contributed by atoms with van der Waals surface area (Å²) >= 11 is 0. The van der Waals surface area contributed by atoms with Gasteiger partial charge in [0.25, 0.3) is 5.69 Å². The van der Waals surface area contributed by atoms with Crippen molar-refractivity contribution in [3.05, 3.63) is 52.5 Å². The Balaban J connectivity index is 1.71. The average Bonchev–Trinajstić information content (AvgIpc) is 3.14. The van der Waals surface area contributed by atoms with Gasteiger partial charge in [0.2, 0.25) is 5.91 Å². The Morgan fingerprint density at radius 1 is 1.32 bits per heavy atom. The molecule has 10 nitrogen and oxygen atoms in total. The molecule has 0 aliphatic carbocycles. The third-order valence-electron chi connectivity index (χ3n) is 3.43. The largest absolute Gasteiger partial charge is 0.309 e. The minimum absolute atomic E-state index is 0.0356. The van der Waals surface area contributed by atoms with Crippen molar-refractivity contribution >= 4 is 17.4 Å². The van der Waals surface area contributed by atoms with E-state index in [0.29, 0.717) is 17.2 Å². The van der Waals surface area contributed by atoms with Crippen molar-refractivity contribution in [1.29, 1.82) is 0 Å². The number of aryl methyl sites for hydroxylation is 2. The number of aromatic nitrogens is 5. The lowest BCUT2D eigenvalue weighted by atomic mass is 10.2. The Bertz CT molecular complexity index is 944. The van der Waals surface area contributed by atoms with Crippen LogP contribution in [0.1, 0.15) is 5.69 Å². The summed E-state index contributed by atoms with van der Waals surface area (Å²) in [6.07, 6.45) is 1.40. The van der Waals surface area contributed by atoms with E-state index in [1.165, 1.54) is 23.1 Å². The number of hydrogen-bond acceptors (Lipinski definition) is 6. The minimum atomic E-state index is -0.482. The van der Waals surface area contributed by atoms with Gasteiger partial charge in [0.1, 0.15) is 18.7 Å². The highest BCUT2D eigenvalue weighted by molar-refractivity contribution is 5.89. The summed E-state index contributed by atoms with van der Waals surface area (Å²) in [5.41, 5.74) is 1.26. The van der Waals surface area contributed by atoms with Crippen LogP contribution in [0.3, 0.4) is 0 Å². The topological polar surface area (TPSA) is 121 Å². The maximum absolute atomic E-state index is 12.1. The monoisotopic (exact) mass is 341 g/mol. The number of anilines is 1. The molecule has 25 heavy (non-hydrogen) atoms. The molecule has 0 spiro atoms. The Morgan fingerprint density at radius 3 is 2.80 bits per heavy atom. The van der Waals surface area contributed by atoms with E-state index >= 15 is 0 Å². The highest BCUT2D eigenvalue weighted by atomic mass is 16.6. The van der Waals surface area contributed by atoms with Gasteiger partial charge in [-0.15, -0.1) is 0 Å². The molecule has 10 heteroatoms. The summed E-state index contributed by atoms with van der Waals surface area (Å²) in [5, 5.41) is 21.9. The first kappa shape index (κ1) is 16.3. The summed E-state index contributed by atoms with van der Waals surface area (Å²) in [4.78, 5) is 26.6. The Morgan fingerprint density at radius 2 is 2.12 bits per heavy atom. The van der Waals surface area contributed by atoms with Crippen molar-refractivity contribution in [2.75, 3.05) is 5.32 Å². The molecule has 0 saturated carbocycles. The number of nitro benzene ring substituents is 1. The van der Waals surface area contributed by atoms with Gasteiger partial charge in [0, 0.05) is 30.8 Å². The lowest BCUT2D eigenvalue weighted by molar-refractivity contribution is -0.384. The van der Waals surface area contributed by atoms with Crippen LogP contribution in [0.2, 0.25) is 0 Å². The van der Waals surface area contributed by atoms with Crippen molar-refractivity contribution in [3.8, 4) is 11.4 Å². The number of amides is 1. The summed E-state index contributed by atoms with van der Waals surface area (Å²) < 4.78 is 2.94. The maximum Gasteiger partial charge on any atom is 0.270 e. The van der Waals surface area contributed by atoms with Gasteiger partial charge in [-0.2, -0.15) is 10.2 Å². The molecule has 0 atom stereocenters. The zero-order valence-corrected chi connectivity index (χ0v) is 13.6. The molecule has 0 saturated heterocycles. The Labute approximate surface area is 142 Å².